The van der Waals surface area contributed by atoms with Gasteiger partial charge in [-0.1, -0.05) is 22.9 Å². The summed E-state index contributed by atoms with van der Waals surface area (Å²) in [5.74, 6) is 0.937. The second-order valence-corrected chi connectivity index (χ2v) is 8.72. The van der Waals surface area contributed by atoms with Crippen LogP contribution in [0.25, 0.3) is 10.2 Å². The Bertz CT molecular complexity index is 1220. The molecule has 0 unspecified atom stereocenters. The average molecular weight is 471 g/mol. The maximum atomic E-state index is 13.6. The molecule has 32 heavy (non-hydrogen) atoms. The van der Waals surface area contributed by atoms with Crippen molar-refractivity contribution in [2.24, 2.45) is 0 Å². The van der Waals surface area contributed by atoms with Crippen LogP contribution in [0.2, 0.25) is 5.02 Å². The van der Waals surface area contributed by atoms with Gasteiger partial charge in [0.25, 0.3) is 5.91 Å². The Morgan fingerprint density at radius 3 is 2.56 bits per heavy atom. The van der Waals surface area contributed by atoms with E-state index < -0.39 is 0 Å². The van der Waals surface area contributed by atoms with E-state index in [-0.39, 0.29) is 5.91 Å². The van der Waals surface area contributed by atoms with Gasteiger partial charge in [-0.3, -0.25) is 9.69 Å². The van der Waals surface area contributed by atoms with Crippen molar-refractivity contribution in [3.8, 4) is 11.5 Å². The van der Waals surface area contributed by atoms with E-state index in [0.717, 1.165) is 28.7 Å². The molecule has 4 rings (SSSR count). The Labute approximate surface area is 195 Å². The number of ether oxygens (including phenoxy) is 2. The number of anilines is 1. The Kier molecular flexibility index (Phi) is 6.62. The number of methoxy groups -OCH3 is 2. The van der Waals surface area contributed by atoms with Crippen LogP contribution in [0.1, 0.15) is 22.3 Å². The zero-order valence-corrected chi connectivity index (χ0v) is 19.6. The molecule has 0 aliphatic carbocycles. The molecule has 0 saturated heterocycles. The lowest BCUT2D eigenvalue weighted by molar-refractivity contribution is 0.0985. The SMILES string of the molecule is COc1cc(OC)cc(C(=O)N(CCCn2ccnc2)c2nc3c(C)cc(Cl)cc3s2)c1. The number of aryl methyl sites for hydroxylation is 2. The quantitative estimate of drug-likeness (QED) is 0.353. The molecular weight excluding hydrogens is 448 g/mol. The fourth-order valence-electron chi connectivity index (χ4n) is 3.46. The normalized spacial score (nSPS) is 11.0. The summed E-state index contributed by atoms with van der Waals surface area (Å²) in [5, 5.41) is 1.28. The fourth-order valence-corrected chi connectivity index (χ4v) is 4.90. The number of aromatic nitrogens is 3. The number of nitrogens with zero attached hydrogens (tertiary/aromatic N) is 4. The highest BCUT2D eigenvalue weighted by molar-refractivity contribution is 7.22. The van der Waals surface area contributed by atoms with Crippen molar-refractivity contribution in [3.05, 3.63) is 65.2 Å². The summed E-state index contributed by atoms with van der Waals surface area (Å²) in [6, 6.07) is 8.93. The van der Waals surface area contributed by atoms with Crippen molar-refractivity contribution in [1.82, 2.24) is 14.5 Å². The van der Waals surface area contributed by atoms with Gasteiger partial charge in [0.05, 0.1) is 30.8 Å². The van der Waals surface area contributed by atoms with Crippen molar-refractivity contribution < 1.29 is 14.3 Å². The van der Waals surface area contributed by atoms with Crippen LogP contribution in [0.15, 0.2) is 49.1 Å². The molecule has 2 heterocycles. The summed E-state index contributed by atoms with van der Waals surface area (Å²) in [7, 11) is 3.12. The number of rotatable bonds is 8. The van der Waals surface area contributed by atoms with Crippen LogP contribution in [0.5, 0.6) is 11.5 Å². The van der Waals surface area contributed by atoms with Crippen LogP contribution in [-0.4, -0.2) is 41.2 Å². The van der Waals surface area contributed by atoms with Crippen LogP contribution in [0, 0.1) is 6.92 Å². The molecule has 0 spiro atoms. The molecule has 7 nitrogen and oxygen atoms in total. The van der Waals surface area contributed by atoms with Crippen LogP contribution in [-0.2, 0) is 6.54 Å². The summed E-state index contributed by atoms with van der Waals surface area (Å²) in [6.07, 6.45) is 6.15. The van der Waals surface area contributed by atoms with Gasteiger partial charge in [0.15, 0.2) is 5.13 Å². The second-order valence-electron chi connectivity index (χ2n) is 7.28. The lowest BCUT2D eigenvalue weighted by Gasteiger charge is -2.21. The Hall–Kier alpha value is -3.10. The summed E-state index contributed by atoms with van der Waals surface area (Å²) in [6.45, 7) is 3.19. The third-order valence-electron chi connectivity index (χ3n) is 5.07. The van der Waals surface area contributed by atoms with Crippen molar-refractivity contribution in [3.63, 3.8) is 0 Å². The Morgan fingerprint density at radius 2 is 1.91 bits per heavy atom. The maximum Gasteiger partial charge on any atom is 0.260 e. The van der Waals surface area contributed by atoms with Crippen LogP contribution in [0.3, 0.4) is 0 Å². The van der Waals surface area contributed by atoms with Crippen LogP contribution >= 0.6 is 22.9 Å². The molecule has 2 aromatic carbocycles. The smallest absolute Gasteiger partial charge is 0.260 e. The zero-order valence-electron chi connectivity index (χ0n) is 18.0. The van der Waals surface area contributed by atoms with Gasteiger partial charge >= 0.3 is 0 Å². The number of imidazole rings is 1. The molecule has 0 saturated carbocycles. The van der Waals surface area contributed by atoms with E-state index in [1.54, 1.807) is 49.8 Å². The molecule has 2 aromatic heterocycles. The second kappa shape index (κ2) is 9.58. The first-order chi connectivity index (χ1) is 15.5. The minimum absolute atomic E-state index is 0.171. The Balaban J connectivity index is 1.70. The molecule has 0 aliphatic rings. The number of hydrogen-bond donors (Lipinski definition) is 0. The first kappa shape index (κ1) is 22.1. The van der Waals surface area contributed by atoms with E-state index in [0.29, 0.717) is 33.8 Å². The van der Waals surface area contributed by atoms with Gasteiger partial charge in [-0.15, -0.1) is 0 Å². The van der Waals surface area contributed by atoms with Gasteiger partial charge < -0.3 is 14.0 Å². The molecular formula is C23H23ClN4O3S. The van der Waals surface area contributed by atoms with Gasteiger partial charge in [0.2, 0.25) is 0 Å². The number of benzene rings is 2. The van der Waals surface area contributed by atoms with E-state index in [4.69, 9.17) is 26.1 Å². The minimum atomic E-state index is -0.171. The predicted octanol–water partition coefficient (Wildman–Crippen LogP) is 5.21. The average Bonchev–Trinajstić information content (AvgIpc) is 3.46. The first-order valence-corrected chi connectivity index (χ1v) is 11.3. The Morgan fingerprint density at radius 1 is 1.16 bits per heavy atom. The number of hydrogen-bond acceptors (Lipinski definition) is 6. The van der Waals surface area contributed by atoms with Gasteiger partial charge in [0, 0.05) is 42.1 Å². The van der Waals surface area contributed by atoms with Gasteiger partial charge in [-0.2, -0.15) is 0 Å². The van der Waals surface area contributed by atoms with Crippen molar-refractivity contribution in [1.29, 1.82) is 0 Å². The van der Waals surface area contributed by atoms with Crippen LogP contribution in [0.4, 0.5) is 5.13 Å². The number of carbonyl (C=O) groups excluding carboxylic acids is 1. The standard InChI is InChI=1S/C23H23ClN4O3S/c1-15-9-17(24)12-20-21(15)26-23(32-20)28(7-4-6-27-8-5-25-14-27)22(29)16-10-18(30-2)13-19(11-16)31-3/h5,8-14H,4,6-7H2,1-3H3. The predicted molar refractivity (Wildman–Crippen MR) is 127 cm³/mol. The molecule has 166 valence electrons. The monoisotopic (exact) mass is 470 g/mol. The highest BCUT2D eigenvalue weighted by Crippen LogP contribution is 2.34. The van der Waals surface area contributed by atoms with Gasteiger partial charge in [-0.05, 0) is 43.2 Å². The van der Waals surface area contributed by atoms with Gasteiger partial charge in [0.1, 0.15) is 11.5 Å². The third kappa shape index (κ3) is 4.71. The number of fused-ring (bicyclic) bond motifs is 1. The van der Waals surface area contributed by atoms with Crippen molar-refractivity contribution in [2.75, 3.05) is 25.7 Å². The zero-order chi connectivity index (χ0) is 22.7. The van der Waals surface area contributed by atoms with E-state index in [9.17, 15) is 4.79 Å². The largest absolute Gasteiger partial charge is 0.497 e. The topological polar surface area (TPSA) is 69.5 Å². The molecule has 0 aliphatic heterocycles. The number of carbonyl (C=O) groups is 1. The van der Waals surface area contributed by atoms with Crippen molar-refractivity contribution in [2.45, 2.75) is 19.9 Å². The molecule has 0 N–H and O–H groups in total. The lowest BCUT2D eigenvalue weighted by Crippen LogP contribution is -2.32. The van der Waals surface area contributed by atoms with E-state index >= 15 is 0 Å². The summed E-state index contributed by atoms with van der Waals surface area (Å²) >= 11 is 7.69. The van der Waals surface area contributed by atoms with E-state index in [1.165, 1.54) is 11.3 Å². The lowest BCUT2D eigenvalue weighted by atomic mass is 10.1. The molecule has 9 heteroatoms. The molecule has 0 atom stereocenters. The van der Waals surface area contributed by atoms with Crippen LogP contribution < -0.4 is 14.4 Å². The minimum Gasteiger partial charge on any atom is -0.497 e. The molecule has 0 bridgehead atoms. The third-order valence-corrected chi connectivity index (χ3v) is 6.31. The highest BCUT2D eigenvalue weighted by Gasteiger charge is 2.23. The molecule has 0 radical (unpaired) electrons. The summed E-state index contributed by atoms with van der Waals surface area (Å²) < 4.78 is 13.6. The molecule has 1 amide bonds. The number of thiazole rings is 1. The molecule has 0 fully saturated rings. The highest BCUT2D eigenvalue weighted by atomic mass is 35.5. The first-order valence-electron chi connectivity index (χ1n) is 10.1. The van der Waals surface area contributed by atoms with Gasteiger partial charge in [-0.25, -0.2) is 9.97 Å². The summed E-state index contributed by atoms with van der Waals surface area (Å²) in [4.78, 5) is 24.2. The maximum absolute atomic E-state index is 13.6. The fraction of sp³-hybridized carbons (Fsp3) is 0.261. The number of amides is 1. The molecule has 4 aromatic rings. The number of halogens is 1. The van der Waals surface area contributed by atoms with E-state index in [1.807, 2.05) is 29.8 Å². The van der Waals surface area contributed by atoms with E-state index in [2.05, 4.69) is 4.98 Å². The summed E-state index contributed by atoms with van der Waals surface area (Å²) in [5.41, 5.74) is 2.30. The van der Waals surface area contributed by atoms with Crippen molar-refractivity contribution >= 4 is 44.2 Å².